The smallest absolute Gasteiger partial charge is 0.293 e. The number of amides is 1. The number of hydrogen-bond donors (Lipinski definition) is 1. The topological polar surface area (TPSA) is 114 Å². The summed E-state index contributed by atoms with van der Waals surface area (Å²) >= 11 is 6.28. The van der Waals surface area contributed by atoms with Crippen molar-refractivity contribution in [2.24, 2.45) is 5.73 Å². The van der Waals surface area contributed by atoms with Crippen molar-refractivity contribution < 1.29 is 23.2 Å². The molecule has 0 radical (unpaired) electrons. The van der Waals surface area contributed by atoms with Crippen molar-refractivity contribution in [2.75, 3.05) is 6.61 Å². The van der Waals surface area contributed by atoms with E-state index in [-0.39, 0.29) is 25.0 Å². The Morgan fingerprint density at radius 3 is 2.59 bits per heavy atom. The molecule has 34 heavy (non-hydrogen) atoms. The molecular formula is C25H24ClN3O5. The molecule has 4 aromatic rings. The fourth-order valence-electron chi connectivity index (χ4n) is 3.26. The Hall–Kier alpha value is -3.78. The molecule has 4 rings (SSSR count). The van der Waals surface area contributed by atoms with E-state index in [1.165, 1.54) is 0 Å². The maximum Gasteiger partial charge on any atom is 0.293 e. The highest BCUT2D eigenvalue weighted by Crippen LogP contribution is 2.33. The minimum atomic E-state index is -0.543. The van der Waals surface area contributed by atoms with Gasteiger partial charge in [0.15, 0.2) is 12.4 Å². The predicted molar refractivity (Wildman–Crippen MR) is 127 cm³/mol. The summed E-state index contributed by atoms with van der Waals surface area (Å²) in [5, 5.41) is 4.73. The predicted octanol–water partition coefficient (Wildman–Crippen LogP) is 5.52. The third-order valence-corrected chi connectivity index (χ3v) is 5.48. The molecule has 9 heteroatoms. The molecule has 0 aliphatic heterocycles. The highest BCUT2D eigenvalue weighted by Gasteiger charge is 2.16. The molecular weight excluding hydrogens is 458 g/mol. The lowest BCUT2D eigenvalue weighted by Gasteiger charge is -2.15. The van der Waals surface area contributed by atoms with Crippen molar-refractivity contribution in [3.63, 3.8) is 0 Å². The first kappa shape index (κ1) is 23.4. The van der Waals surface area contributed by atoms with Crippen molar-refractivity contribution in [1.29, 1.82) is 0 Å². The molecule has 0 fully saturated rings. The molecule has 0 unspecified atom stereocenters. The molecule has 0 atom stereocenters. The molecule has 0 aliphatic carbocycles. The number of hydrogen-bond acceptors (Lipinski definition) is 7. The fourth-order valence-corrected chi connectivity index (χ4v) is 3.43. The zero-order chi connectivity index (χ0) is 24.2. The Balaban J connectivity index is 1.44. The molecule has 8 nitrogen and oxygen atoms in total. The summed E-state index contributed by atoms with van der Waals surface area (Å²) in [5.41, 5.74) is 7.79. The number of carbonyl (C=O) groups is 1. The summed E-state index contributed by atoms with van der Waals surface area (Å²) < 4.78 is 22.5. The molecule has 0 spiro atoms. The summed E-state index contributed by atoms with van der Waals surface area (Å²) in [7, 11) is 0. The fraction of sp³-hybridized carbons (Fsp3) is 0.240. The van der Waals surface area contributed by atoms with Crippen LogP contribution in [0, 0.1) is 6.92 Å². The van der Waals surface area contributed by atoms with Crippen LogP contribution >= 0.6 is 11.6 Å². The minimum Gasteiger partial charge on any atom is -0.485 e. The Morgan fingerprint density at radius 1 is 1.12 bits per heavy atom. The number of halogens is 1. The lowest BCUT2D eigenvalue weighted by Crippen LogP contribution is -2.19. The average Bonchev–Trinajstić information content (AvgIpc) is 3.48. The molecule has 1 amide bonds. The summed E-state index contributed by atoms with van der Waals surface area (Å²) in [6.45, 7) is 6.18. The number of nitrogens with two attached hydrogens (primary N) is 1. The zero-order valence-corrected chi connectivity index (χ0v) is 19.8. The standard InChI is InChI=1S/C25H24ClN3O5/c1-14(2)19-11-20(26)15(3)10-22(19)32-12-18-8-9-21(33-18)25-28-24(29-34-25)16-4-6-17(7-5-16)31-13-23(27)30/h4-11,14H,12-13H2,1-3H3,(H2,27,30). The van der Waals surface area contributed by atoms with E-state index in [2.05, 4.69) is 24.0 Å². The maximum atomic E-state index is 10.8. The number of aromatic nitrogens is 2. The van der Waals surface area contributed by atoms with Gasteiger partial charge in [0.25, 0.3) is 11.8 Å². The Morgan fingerprint density at radius 2 is 1.88 bits per heavy atom. The van der Waals surface area contributed by atoms with E-state index in [0.29, 0.717) is 23.1 Å². The van der Waals surface area contributed by atoms with Gasteiger partial charge in [-0.3, -0.25) is 4.79 Å². The molecule has 2 aromatic carbocycles. The molecule has 176 valence electrons. The van der Waals surface area contributed by atoms with Crippen molar-refractivity contribution in [1.82, 2.24) is 10.1 Å². The van der Waals surface area contributed by atoms with Crippen LogP contribution in [0.1, 0.15) is 36.7 Å². The second-order valence-corrected chi connectivity index (χ2v) is 8.46. The van der Waals surface area contributed by atoms with Gasteiger partial charge in [-0.25, -0.2) is 0 Å². The first-order chi connectivity index (χ1) is 16.3. The SMILES string of the molecule is Cc1cc(OCc2ccc(-c3nc(-c4ccc(OCC(N)=O)cc4)no3)o2)c(C(C)C)cc1Cl. The van der Waals surface area contributed by atoms with E-state index >= 15 is 0 Å². The Kier molecular flexibility index (Phi) is 6.88. The summed E-state index contributed by atoms with van der Waals surface area (Å²) in [4.78, 5) is 15.2. The first-order valence-corrected chi connectivity index (χ1v) is 11.0. The summed E-state index contributed by atoms with van der Waals surface area (Å²) in [5.74, 6) is 2.71. The largest absolute Gasteiger partial charge is 0.485 e. The molecule has 0 saturated heterocycles. The number of ether oxygens (including phenoxy) is 2. The van der Waals surface area contributed by atoms with Gasteiger partial charge in [0.2, 0.25) is 5.82 Å². The molecule has 2 aromatic heterocycles. The van der Waals surface area contributed by atoms with E-state index in [9.17, 15) is 4.79 Å². The van der Waals surface area contributed by atoms with Crippen LogP contribution < -0.4 is 15.2 Å². The summed E-state index contributed by atoms with van der Waals surface area (Å²) in [6, 6.07) is 14.4. The van der Waals surface area contributed by atoms with Gasteiger partial charge in [0, 0.05) is 10.6 Å². The number of furan rings is 1. The third-order valence-electron chi connectivity index (χ3n) is 5.08. The molecule has 2 N–H and O–H groups in total. The first-order valence-electron chi connectivity index (χ1n) is 10.7. The Labute approximate surface area is 201 Å². The number of aryl methyl sites for hydroxylation is 1. The van der Waals surface area contributed by atoms with Gasteiger partial charge in [-0.2, -0.15) is 4.98 Å². The molecule has 2 heterocycles. The van der Waals surface area contributed by atoms with Crippen molar-refractivity contribution in [2.45, 2.75) is 33.3 Å². The van der Waals surface area contributed by atoms with E-state index < -0.39 is 5.91 Å². The molecule has 0 bridgehead atoms. The summed E-state index contributed by atoms with van der Waals surface area (Å²) in [6.07, 6.45) is 0. The van der Waals surface area contributed by atoms with E-state index in [1.807, 2.05) is 25.1 Å². The van der Waals surface area contributed by atoms with Crippen LogP contribution in [0.4, 0.5) is 0 Å². The third kappa shape index (κ3) is 5.40. The van der Waals surface area contributed by atoms with Crippen LogP contribution in [0.2, 0.25) is 5.02 Å². The second-order valence-electron chi connectivity index (χ2n) is 8.05. The zero-order valence-electron chi connectivity index (χ0n) is 19.0. The van der Waals surface area contributed by atoms with Gasteiger partial charge >= 0.3 is 0 Å². The number of carbonyl (C=O) groups excluding carboxylic acids is 1. The number of primary amides is 1. The number of rotatable bonds is 9. The lowest BCUT2D eigenvalue weighted by atomic mass is 10.0. The van der Waals surface area contributed by atoms with Crippen LogP contribution in [0.3, 0.4) is 0 Å². The van der Waals surface area contributed by atoms with Crippen LogP contribution in [0.15, 0.2) is 57.5 Å². The van der Waals surface area contributed by atoms with Gasteiger partial charge in [-0.15, -0.1) is 0 Å². The van der Waals surface area contributed by atoms with E-state index in [4.69, 9.17) is 35.7 Å². The van der Waals surface area contributed by atoms with Gasteiger partial charge in [0.05, 0.1) is 0 Å². The Bertz CT molecular complexity index is 1290. The monoisotopic (exact) mass is 481 g/mol. The maximum absolute atomic E-state index is 10.8. The average molecular weight is 482 g/mol. The number of benzene rings is 2. The van der Waals surface area contributed by atoms with Crippen LogP contribution in [0.25, 0.3) is 23.0 Å². The number of nitrogens with zero attached hydrogens (tertiary/aromatic N) is 2. The lowest BCUT2D eigenvalue weighted by molar-refractivity contribution is -0.119. The minimum absolute atomic E-state index is 0.188. The highest BCUT2D eigenvalue weighted by atomic mass is 35.5. The van der Waals surface area contributed by atoms with Gasteiger partial charge in [-0.1, -0.05) is 30.6 Å². The second kappa shape index (κ2) is 10.0. The van der Waals surface area contributed by atoms with Crippen LogP contribution in [-0.4, -0.2) is 22.7 Å². The van der Waals surface area contributed by atoms with Gasteiger partial charge in [-0.05, 0) is 72.5 Å². The molecule has 0 saturated carbocycles. The van der Waals surface area contributed by atoms with Crippen molar-refractivity contribution in [3.8, 4) is 34.5 Å². The van der Waals surface area contributed by atoms with Crippen LogP contribution in [-0.2, 0) is 11.4 Å². The van der Waals surface area contributed by atoms with E-state index in [1.54, 1.807) is 30.3 Å². The van der Waals surface area contributed by atoms with Crippen LogP contribution in [0.5, 0.6) is 11.5 Å². The van der Waals surface area contributed by atoms with Gasteiger partial charge in [0.1, 0.15) is 23.9 Å². The van der Waals surface area contributed by atoms with Crippen molar-refractivity contribution >= 4 is 17.5 Å². The van der Waals surface area contributed by atoms with E-state index in [0.717, 1.165) is 27.5 Å². The van der Waals surface area contributed by atoms with Gasteiger partial charge < -0.3 is 24.1 Å². The highest BCUT2D eigenvalue weighted by molar-refractivity contribution is 6.31. The van der Waals surface area contributed by atoms with Crippen molar-refractivity contribution in [3.05, 3.63) is 70.4 Å². The molecule has 0 aliphatic rings. The normalized spacial score (nSPS) is 11.1. The quantitative estimate of drug-likeness (QED) is 0.334.